The van der Waals surface area contributed by atoms with Crippen molar-refractivity contribution in [2.24, 2.45) is 0 Å². The minimum atomic E-state index is 0.528. The summed E-state index contributed by atoms with van der Waals surface area (Å²) < 4.78 is 7.79. The molecule has 3 rings (SSSR count). The van der Waals surface area contributed by atoms with Crippen LogP contribution < -0.4 is 0 Å². The Labute approximate surface area is 143 Å². The van der Waals surface area contributed by atoms with Crippen molar-refractivity contribution in [1.82, 2.24) is 29.8 Å². The highest BCUT2D eigenvalue weighted by atomic mass is 16.5. The number of rotatable bonds is 7. The van der Waals surface area contributed by atoms with Gasteiger partial charge in [0, 0.05) is 38.9 Å². The topological polar surface area (TPSA) is 59.3 Å². The molecule has 7 nitrogen and oxygen atoms in total. The molecule has 0 saturated carbocycles. The van der Waals surface area contributed by atoms with E-state index >= 15 is 0 Å². The lowest BCUT2D eigenvalue weighted by atomic mass is 10.2. The molecule has 1 aliphatic heterocycles. The third-order valence-corrected chi connectivity index (χ3v) is 4.17. The summed E-state index contributed by atoms with van der Waals surface area (Å²) in [5, 5.41) is 8.64. The zero-order valence-corrected chi connectivity index (χ0v) is 14.6. The molecule has 0 N–H and O–H groups in total. The predicted molar refractivity (Wildman–Crippen MR) is 91.2 cm³/mol. The van der Waals surface area contributed by atoms with Gasteiger partial charge in [-0.05, 0) is 32.6 Å². The lowest BCUT2D eigenvalue weighted by molar-refractivity contribution is 0.102. The second-order valence-corrected chi connectivity index (χ2v) is 6.45. The molecule has 1 aliphatic rings. The van der Waals surface area contributed by atoms with Gasteiger partial charge < -0.3 is 9.64 Å². The van der Waals surface area contributed by atoms with Gasteiger partial charge in [-0.2, -0.15) is 0 Å². The van der Waals surface area contributed by atoms with Gasteiger partial charge in [0.1, 0.15) is 5.69 Å². The number of nitrogens with zero attached hydrogens (tertiary/aromatic N) is 6. The van der Waals surface area contributed by atoms with Gasteiger partial charge in [-0.1, -0.05) is 11.3 Å². The number of pyridine rings is 1. The Morgan fingerprint density at radius 3 is 2.96 bits per heavy atom. The first kappa shape index (κ1) is 17.0. The van der Waals surface area contributed by atoms with Crippen molar-refractivity contribution in [1.29, 1.82) is 0 Å². The zero-order valence-electron chi connectivity index (χ0n) is 14.6. The van der Waals surface area contributed by atoms with Crippen molar-refractivity contribution in [2.45, 2.75) is 32.7 Å². The van der Waals surface area contributed by atoms with E-state index in [2.05, 4.69) is 31.2 Å². The second-order valence-electron chi connectivity index (χ2n) is 6.45. The molecule has 0 aliphatic carbocycles. The van der Waals surface area contributed by atoms with Crippen LogP contribution in [0.3, 0.4) is 0 Å². The number of likely N-dealkylation sites (N-methyl/N-ethyl adjacent to an activating group) is 1. The van der Waals surface area contributed by atoms with Crippen LogP contribution in [-0.4, -0.2) is 63.6 Å². The highest BCUT2D eigenvalue weighted by Gasteiger charge is 2.20. The van der Waals surface area contributed by atoms with Gasteiger partial charge in [-0.15, -0.1) is 5.10 Å². The third-order valence-electron chi connectivity index (χ3n) is 4.17. The van der Waals surface area contributed by atoms with Crippen molar-refractivity contribution in [3.63, 3.8) is 0 Å². The fourth-order valence-corrected chi connectivity index (χ4v) is 2.84. The van der Waals surface area contributed by atoms with Gasteiger partial charge in [0.05, 0.1) is 24.6 Å². The van der Waals surface area contributed by atoms with Crippen LogP contribution in [0.15, 0.2) is 24.4 Å². The van der Waals surface area contributed by atoms with Gasteiger partial charge >= 0.3 is 0 Å². The van der Waals surface area contributed by atoms with E-state index in [-0.39, 0.29) is 0 Å². The summed E-state index contributed by atoms with van der Waals surface area (Å²) in [4.78, 5) is 8.96. The molecular formula is C17H26N6O. The Hall–Kier alpha value is -1.83. The molecular weight excluding hydrogens is 304 g/mol. The summed E-state index contributed by atoms with van der Waals surface area (Å²) in [6.07, 6.45) is 2.92. The molecule has 3 heterocycles. The lowest BCUT2D eigenvalue weighted by Crippen LogP contribution is -2.24. The summed E-state index contributed by atoms with van der Waals surface area (Å²) in [7, 11) is 4.09. The normalized spacial score (nSPS) is 15.5. The van der Waals surface area contributed by atoms with Gasteiger partial charge in [-0.3, -0.25) is 9.88 Å². The number of ether oxygens (including phenoxy) is 1. The van der Waals surface area contributed by atoms with Crippen LogP contribution in [0.1, 0.15) is 23.5 Å². The lowest BCUT2D eigenvalue weighted by Gasteiger charge is -2.19. The molecule has 2 aromatic heterocycles. The molecule has 0 unspecified atom stereocenters. The molecule has 0 spiro atoms. The first-order chi connectivity index (χ1) is 11.7. The van der Waals surface area contributed by atoms with Crippen molar-refractivity contribution in [3.05, 3.63) is 41.5 Å². The van der Waals surface area contributed by atoms with Crippen LogP contribution in [0.4, 0.5) is 0 Å². The smallest absolute Gasteiger partial charge is 0.113 e. The van der Waals surface area contributed by atoms with E-state index in [9.17, 15) is 0 Å². The van der Waals surface area contributed by atoms with Crippen molar-refractivity contribution in [2.75, 3.05) is 33.8 Å². The van der Waals surface area contributed by atoms with Crippen molar-refractivity contribution in [3.8, 4) is 0 Å². The van der Waals surface area contributed by atoms with Crippen LogP contribution in [0.25, 0.3) is 0 Å². The van der Waals surface area contributed by atoms with E-state index in [0.717, 1.165) is 50.5 Å². The van der Waals surface area contributed by atoms with Gasteiger partial charge in [-0.25, -0.2) is 4.68 Å². The molecule has 130 valence electrons. The second kappa shape index (κ2) is 8.32. The standard InChI is InChI=1S/C17H26N6O/c1-21(2)10-11-24-14-16-17-13-22(8-5-9-23(17)20-19-16)12-15-6-3-4-7-18-15/h3-4,6-7H,5,8-14H2,1-2H3. The predicted octanol–water partition coefficient (Wildman–Crippen LogP) is 1.16. The fraction of sp³-hybridized carbons (Fsp3) is 0.588. The average Bonchev–Trinajstić information content (AvgIpc) is 2.83. The van der Waals surface area contributed by atoms with E-state index in [0.29, 0.717) is 13.2 Å². The molecule has 2 aromatic rings. The average molecular weight is 330 g/mol. The van der Waals surface area contributed by atoms with E-state index < -0.39 is 0 Å². The van der Waals surface area contributed by atoms with Gasteiger partial charge in [0.25, 0.3) is 0 Å². The first-order valence-corrected chi connectivity index (χ1v) is 8.48. The highest BCUT2D eigenvalue weighted by Crippen LogP contribution is 2.17. The maximum Gasteiger partial charge on any atom is 0.113 e. The summed E-state index contributed by atoms with van der Waals surface area (Å²) >= 11 is 0. The maximum atomic E-state index is 5.76. The molecule has 0 bridgehead atoms. The number of hydrogen-bond acceptors (Lipinski definition) is 6. The fourth-order valence-electron chi connectivity index (χ4n) is 2.84. The van der Waals surface area contributed by atoms with E-state index in [1.54, 1.807) is 0 Å². The Bertz CT molecular complexity index is 627. The molecule has 24 heavy (non-hydrogen) atoms. The Kier molecular flexibility index (Phi) is 5.90. The zero-order chi connectivity index (χ0) is 16.8. The molecule has 0 radical (unpaired) electrons. The van der Waals surface area contributed by atoms with Crippen molar-refractivity contribution < 1.29 is 4.74 Å². The summed E-state index contributed by atoms with van der Waals surface area (Å²) in [6, 6.07) is 6.07. The van der Waals surface area contributed by atoms with Crippen molar-refractivity contribution >= 4 is 0 Å². The SMILES string of the molecule is CN(C)CCOCc1nnn2c1CN(Cc1ccccn1)CCC2. The van der Waals surface area contributed by atoms with E-state index in [4.69, 9.17) is 4.74 Å². The molecule has 0 amide bonds. The monoisotopic (exact) mass is 330 g/mol. The number of aromatic nitrogens is 4. The van der Waals surface area contributed by atoms with Crippen LogP contribution in [-0.2, 0) is 31.0 Å². The molecule has 0 saturated heterocycles. The largest absolute Gasteiger partial charge is 0.374 e. The summed E-state index contributed by atoms with van der Waals surface area (Å²) in [6.45, 7) is 5.80. The van der Waals surface area contributed by atoms with Crippen LogP contribution >= 0.6 is 0 Å². The Balaban J connectivity index is 1.62. The quantitative estimate of drug-likeness (QED) is 0.710. The molecule has 0 atom stereocenters. The number of aryl methyl sites for hydroxylation is 1. The van der Waals surface area contributed by atoms with E-state index in [1.807, 2.05) is 37.1 Å². The van der Waals surface area contributed by atoms with Gasteiger partial charge in [0.2, 0.25) is 0 Å². The summed E-state index contributed by atoms with van der Waals surface area (Å²) in [5.74, 6) is 0. The molecule has 0 fully saturated rings. The highest BCUT2D eigenvalue weighted by molar-refractivity contribution is 5.11. The Morgan fingerprint density at radius 1 is 1.25 bits per heavy atom. The van der Waals surface area contributed by atoms with Crippen LogP contribution in [0.5, 0.6) is 0 Å². The van der Waals surface area contributed by atoms with Gasteiger partial charge in [0.15, 0.2) is 0 Å². The molecule has 7 heteroatoms. The molecule has 0 aromatic carbocycles. The maximum absolute atomic E-state index is 5.76. The third kappa shape index (κ3) is 4.59. The van der Waals surface area contributed by atoms with Crippen LogP contribution in [0, 0.1) is 0 Å². The minimum Gasteiger partial charge on any atom is -0.374 e. The van der Waals surface area contributed by atoms with E-state index in [1.165, 1.54) is 5.69 Å². The number of hydrogen-bond donors (Lipinski definition) is 0. The van der Waals surface area contributed by atoms with Crippen LogP contribution in [0.2, 0.25) is 0 Å². The summed E-state index contributed by atoms with van der Waals surface area (Å²) in [5.41, 5.74) is 3.23. The first-order valence-electron chi connectivity index (χ1n) is 8.48. The number of fused-ring (bicyclic) bond motifs is 1. The Morgan fingerprint density at radius 2 is 2.17 bits per heavy atom. The minimum absolute atomic E-state index is 0.528.